The van der Waals surface area contributed by atoms with E-state index in [1.165, 1.54) is 23.3 Å². The SMILES string of the molecule is CC1(C)CCC(C)(C)c2cc([C@H](Cc3ccc(C(F)(F)F)cc3)C(=O)O)ccc21. The average molecular weight is 404 g/mol. The van der Waals surface area contributed by atoms with Crippen molar-refractivity contribution in [2.45, 2.75) is 69.9 Å². The van der Waals surface area contributed by atoms with Gasteiger partial charge in [-0.15, -0.1) is 0 Å². The van der Waals surface area contributed by atoms with Crippen LogP contribution in [-0.2, 0) is 28.2 Å². The molecule has 1 aliphatic rings. The van der Waals surface area contributed by atoms with Crippen LogP contribution in [0.2, 0.25) is 0 Å². The Morgan fingerprint density at radius 2 is 1.52 bits per heavy atom. The number of carbonyl (C=O) groups is 1. The second-order valence-electron chi connectivity index (χ2n) is 9.36. The first-order valence-corrected chi connectivity index (χ1v) is 9.85. The zero-order valence-corrected chi connectivity index (χ0v) is 17.2. The summed E-state index contributed by atoms with van der Waals surface area (Å²) in [6.45, 7) is 8.77. The summed E-state index contributed by atoms with van der Waals surface area (Å²) in [5.74, 6) is -1.78. The van der Waals surface area contributed by atoms with Gasteiger partial charge in [-0.25, -0.2) is 0 Å². The molecule has 0 bridgehead atoms. The zero-order valence-electron chi connectivity index (χ0n) is 17.2. The summed E-state index contributed by atoms with van der Waals surface area (Å²) in [7, 11) is 0. The maximum Gasteiger partial charge on any atom is 0.416 e. The molecular formula is C24H27F3O2. The molecule has 0 aliphatic heterocycles. The van der Waals surface area contributed by atoms with Crippen LogP contribution in [0, 0.1) is 0 Å². The van der Waals surface area contributed by atoms with Crippen LogP contribution in [0.4, 0.5) is 13.2 Å². The molecule has 2 aromatic rings. The number of fused-ring (bicyclic) bond motifs is 1. The lowest BCUT2D eigenvalue weighted by atomic mass is 9.62. The molecule has 0 fully saturated rings. The maximum atomic E-state index is 12.8. The lowest BCUT2D eigenvalue weighted by Gasteiger charge is -2.42. The van der Waals surface area contributed by atoms with Gasteiger partial charge in [0.25, 0.3) is 0 Å². The predicted molar refractivity (Wildman–Crippen MR) is 107 cm³/mol. The van der Waals surface area contributed by atoms with Crippen LogP contribution >= 0.6 is 0 Å². The van der Waals surface area contributed by atoms with Crippen LogP contribution in [-0.4, -0.2) is 11.1 Å². The highest BCUT2D eigenvalue weighted by Crippen LogP contribution is 2.46. The lowest BCUT2D eigenvalue weighted by Crippen LogP contribution is -2.34. The van der Waals surface area contributed by atoms with Crippen LogP contribution in [0.3, 0.4) is 0 Å². The number of halogens is 3. The minimum Gasteiger partial charge on any atom is -0.481 e. The molecule has 156 valence electrons. The molecule has 1 N–H and O–H groups in total. The fourth-order valence-corrected chi connectivity index (χ4v) is 4.24. The number of alkyl halides is 3. The van der Waals surface area contributed by atoms with E-state index >= 15 is 0 Å². The Labute approximate surface area is 169 Å². The van der Waals surface area contributed by atoms with Crippen molar-refractivity contribution >= 4 is 5.97 Å². The Morgan fingerprint density at radius 3 is 2.03 bits per heavy atom. The van der Waals surface area contributed by atoms with E-state index in [1.54, 1.807) is 0 Å². The largest absolute Gasteiger partial charge is 0.481 e. The van der Waals surface area contributed by atoms with Crippen LogP contribution in [0.1, 0.15) is 74.3 Å². The maximum absolute atomic E-state index is 12.8. The summed E-state index contributed by atoms with van der Waals surface area (Å²) in [5, 5.41) is 9.83. The van der Waals surface area contributed by atoms with Crippen molar-refractivity contribution in [3.8, 4) is 0 Å². The Balaban J connectivity index is 1.95. The van der Waals surface area contributed by atoms with Gasteiger partial charge in [0, 0.05) is 0 Å². The van der Waals surface area contributed by atoms with Crippen molar-refractivity contribution < 1.29 is 23.1 Å². The molecule has 1 aliphatic carbocycles. The van der Waals surface area contributed by atoms with Gasteiger partial charge in [-0.2, -0.15) is 13.2 Å². The number of benzene rings is 2. The van der Waals surface area contributed by atoms with Crippen LogP contribution in [0.5, 0.6) is 0 Å². The highest BCUT2D eigenvalue weighted by atomic mass is 19.4. The topological polar surface area (TPSA) is 37.3 Å². The summed E-state index contributed by atoms with van der Waals surface area (Å²) in [4.78, 5) is 12.0. The van der Waals surface area contributed by atoms with Gasteiger partial charge >= 0.3 is 12.1 Å². The molecule has 0 heterocycles. The molecule has 0 saturated carbocycles. The second-order valence-corrected chi connectivity index (χ2v) is 9.36. The van der Waals surface area contributed by atoms with E-state index in [0.29, 0.717) is 11.1 Å². The van der Waals surface area contributed by atoms with Gasteiger partial charge < -0.3 is 5.11 Å². The molecule has 3 rings (SSSR count). The first-order chi connectivity index (χ1) is 13.3. The highest BCUT2D eigenvalue weighted by molar-refractivity contribution is 5.77. The van der Waals surface area contributed by atoms with Crippen molar-refractivity contribution in [3.05, 3.63) is 70.3 Å². The van der Waals surface area contributed by atoms with Gasteiger partial charge in [0.15, 0.2) is 0 Å². The van der Waals surface area contributed by atoms with E-state index in [9.17, 15) is 23.1 Å². The second kappa shape index (κ2) is 7.19. The summed E-state index contributed by atoms with van der Waals surface area (Å²) < 4.78 is 38.3. The van der Waals surface area contributed by atoms with Gasteiger partial charge in [0.1, 0.15) is 0 Å². The van der Waals surface area contributed by atoms with Crippen LogP contribution in [0.25, 0.3) is 0 Å². The smallest absolute Gasteiger partial charge is 0.416 e. The summed E-state index contributed by atoms with van der Waals surface area (Å²) in [5.41, 5.74) is 2.95. The third-order valence-electron chi connectivity index (χ3n) is 6.30. The Morgan fingerprint density at radius 1 is 0.966 bits per heavy atom. The molecule has 2 aromatic carbocycles. The first-order valence-electron chi connectivity index (χ1n) is 9.85. The Kier molecular flexibility index (Phi) is 5.31. The van der Waals surface area contributed by atoms with E-state index in [4.69, 9.17) is 0 Å². The highest BCUT2D eigenvalue weighted by Gasteiger charge is 2.37. The summed E-state index contributed by atoms with van der Waals surface area (Å²) >= 11 is 0. The number of carboxylic acids is 1. The lowest BCUT2D eigenvalue weighted by molar-refractivity contribution is -0.139. The Hall–Kier alpha value is -2.30. The molecule has 0 radical (unpaired) electrons. The van der Waals surface area contributed by atoms with Gasteiger partial charge in [0.05, 0.1) is 11.5 Å². The molecule has 0 unspecified atom stereocenters. The molecule has 1 atom stereocenters. The number of aliphatic carboxylic acids is 1. The van der Waals surface area contributed by atoms with Gasteiger partial charge in [-0.05, 0) is 64.5 Å². The monoisotopic (exact) mass is 404 g/mol. The van der Waals surface area contributed by atoms with E-state index in [1.807, 2.05) is 18.2 Å². The van der Waals surface area contributed by atoms with Crippen molar-refractivity contribution in [2.75, 3.05) is 0 Å². The van der Waals surface area contributed by atoms with Crippen molar-refractivity contribution in [1.29, 1.82) is 0 Å². The zero-order chi connectivity index (χ0) is 21.6. The number of carboxylic acid groups (broad SMARTS) is 1. The average Bonchev–Trinajstić information content (AvgIpc) is 2.63. The minimum absolute atomic E-state index is 0.0372. The summed E-state index contributed by atoms with van der Waals surface area (Å²) in [6, 6.07) is 10.6. The van der Waals surface area contributed by atoms with Crippen molar-refractivity contribution in [3.63, 3.8) is 0 Å². The molecule has 0 spiro atoms. The van der Waals surface area contributed by atoms with Crippen molar-refractivity contribution in [1.82, 2.24) is 0 Å². The number of hydrogen-bond acceptors (Lipinski definition) is 1. The molecule has 0 aromatic heterocycles. The summed E-state index contributed by atoms with van der Waals surface area (Å²) in [6.07, 6.45) is -2.16. The minimum atomic E-state index is -4.40. The molecule has 0 amide bonds. The number of rotatable bonds is 4. The molecule has 0 saturated heterocycles. The van der Waals surface area contributed by atoms with Gasteiger partial charge in [0.2, 0.25) is 0 Å². The molecule has 2 nitrogen and oxygen atoms in total. The molecule has 29 heavy (non-hydrogen) atoms. The van der Waals surface area contributed by atoms with Gasteiger partial charge in [-0.3, -0.25) is 4.79 Å². The van der Waals surface area contributed by atoms with E-state index < -0.39 is 23.6 Å². The van der Waals surface area contributed by atoms with E-state index in [2.05, 4.69) is 27.7 Å². The fourth-order valence-electron chi connectivity index (χ4n) is 4.24. The third kappa shape index (κ3) is 4.34. The van der Waals surface area contributed by atoms with E-state index in [0.717, 1.165) is 25.0 Å². The van der Waals surface area contributed by atoms with Crippen LogP contribution < -0.4 is 0 Å². The van der Waals surface area contributed by atoms with Crippen LogP contribution in [0.15, 0.2) is 42.5 Å². The first kappa shape index (κ1) is 21.4. The quantitative estimate of drug-likeness (QED) is 0.634. The third-order valence-corrected chi connectivity index (χ3v) is 6.30. The van der Waals surface area contributed by atoms with Crippen molar-refractivity contribution in [2.24, 2.45) is 0 Å². The normalized spacial score (nSPS) is 18.7. The number of hydrogen-bond donors (Lipinski definition) is 1. The standard InChI is InChI=1S/C24H27F3O2/c1-22(2)11-12-23(3,4)20-14-16(7-10-19(20)22)18(21(28)29)13-15-5-8-17(9-6-15)24(25,26)27/h5-10,14,18H,11-13H2,1-4H3,(H,28,29)/t18-/m0/s1. The van der Waals surface area contributed by atoms with E-state index in [-0.39, 0.29) is 17.3 Å². The fraction of sp³-hybridized carbons (Fsp3) is 0.458. The molecular weight excluding hydrogens is 377 g/mol. The molecule has 5 heteroatoms. The van der Waals surface area contributed by atoms with Gasteiger partial charge in [-0.1, -0.05) is 58.0 Å². The Bertz CT molecular complexity index is 909. The predicted octanol–water partition coefficient (Wildman–Crippen LogP) is 6.47.